The maximum absolute atomic E-state index is 12.9. The summed E-state index contributed by atoms with van der Waals surface area (Å²) in [6.07, 6.45) is 0.871. The zero-order chi connectivity index (χ0) is 25.8. The van der Waals surface area contributed by atoms with E-state index < -0.39 is 12.0 Å². The molecule has 0 saturated carbocycles. The van der Waals surface area contributed by atoms with Crippen LogP contribution in [0.3, 0.4) is 0 Å². The lowest BCUT2D eigenvalue weighted by Gasteiger charge is -2.28. The predicted octanol–water partition coefficient (Wildman–Crippen LogP) is 4.44. The Morgan fingerprint density at radius 3 is 2.12 bits per heavy atom. The van der Waals surface area contributed by atoms with Gasteiger partial charge in [0, 0.05) is 28.9 Å². The Labute approximate surface area is 200 Å². The third kappa shape index (κ3) is 6.46. The standard InChI is InChI=1S/C24H28N2O3.C3H8O2/c1-23(2,3)16-11-17(24(4,5)6)20(27)12-19(16)26-22(29)15-13-25-18-10-8-7-9-14(18)21(15)28;1-3(5)2-4/h7-13,27H,1-6H3,(H,25,28)(H,26,29);3-5H,2H2,1H3. The number of rotatable bonds is 3. The van der Waals surface area contributed by atoms with Crippen molar-refractivity contribution in [2.24, 2.45) is 0 Å². The Kier molecular flexibility index (Phi) is 8.29. The van der Waals surface area contributed by atoms with E-state index in [0.29, 0.717) is 16.6 Å². The monoisotopic (exact) mass is 468 g/mol. The molecule has 34 heavy (non-hydrogen) atoms. The van der Waals surface area contributed by atoms with Crippen molar-refractivity contribution < 1.29 is 20.1 Å². The Hall–Kier alpha value is -3.16. The minimum atomic E-state index is -0.560. The summed E-state index contributed by atoms with van der Waals surface area (Å²) in [5.41, 5.74) is 2.06. The van der Waals surface area contributed by atoms with Gasteiger partial charge in [-0.05, 0) is 47.1 Å². The quantitative estimate of drug-likeness (QED) is 0.389. The fourth-order valence-corrected chi connectivity index (χ4v) is 3.44. The smallest absolute Gasteiger partial charge is 0.261 e. The van der Waals surface area contributed by atoms with Gasteiger partial charge in [-0.15, -0.1) is 0 Å². The second kappa shape index (κ2) is 10.4. The van der Waals surface area contributed by atoms with Crippen molar-refractivity contribution in [2.75, 3.05) is 11.9 Å². The molecule has 0 spiro atoms. The molecular weight excluding hydrogens is 432 g/mol. The first-order valence-corrected chi connectivity index (χ1v) is 11.3. The summed E-state index contributed by atoms with van der Waals surface area (Å²) < 4.78 is 0. The van der Waals surface area contributed by atoms with Crippen LogP contribution in [0.2, 0.25) is 0 Å². The number of aliphatic hydroxyl groups excluding tert-OH is 2. The molecular formula is C27H36N2O5. The molecule has 184 valence electrons. The number of carbonyl (C=O) groups is 1. The topological polar surface area (TPSA) is 123 Å². The number of pyridine rings is 1. The van der Waals surface area contributed by atoms with Gasteiger partial charge >= 0.3 is 0 Å². The Morgan fingerprint density at radius 1 is 1.03 bits per heavy atom. The predicted molar refractivity (Wildman–Crippen MR) is 137 cm³/mol. The van der Waals surface area contributed by atoms with Crippen LogP contribution in [0, 0.1) is 0 Å². The number of nitrogens with one attached hydrogen (secondary N) is 2. The highest BCUT2D eigenvalue weighted by Crippen LogP contribution is 2.39. The first-order chi connectivity index (χ1) is 15.7. The van der Waals surface area contributed by atoms with E-state index >= 15 is 0 Å². The van der Waals surface area contributed by atoms with Crippen molar-refractivity contribution in [3.05, 3.63) is 69.5 Å². The molecule has 0 fully saturated rings. The van der Waals surface area contributed by atoms with Gasteiger partial charge in [0.1, 0.15) is 11.3 Å². The van der Waals surface area contributed by atoms with Gasteiger partial charge < -0.3 is 25.6 Å². The van der Waals surface area contributed by atoms with Crippen molar-refractivity contribution in [2.45, 2.75) is 65.4 Å². The second-order valence-corrected chi connectivity index (χ2v) is 10.5. The van der Waals surface area contributed by atoms with E-state index in [2.05, 4.69) is 10.3 Å². The number of H-pyrrole nitrogens is 1. The van der Waals surface area contributed by atoms with Crippen molar-refractivity contribution in [1.82, 2.24) is 4.98 Å². The average molecular weight is 469 g/mol. The van der Waals surface area contributed by atoms with E-state index in [1.54, 1.807) is 24.3 Å². The van der Waals surface area contributed by atoms with E-state index in [1.165, 1.54) is 13.1 Å². The molecule has 1 aromatic heterocycles. The van der Waals surface area contributed by atoms with E-state index in [1.807, 2.05) is 53.7 Å². The lowest BCUT2D eigenvalue weighted by Crippen LogP contribution is -2.25. The van der Waals surface area contributed by atoms with Crippen LogP contribution in [0.25, 0.3) is 10.9 Å². The SMILES string of the molecule is CC(C)(C)c1cc(C(C)(C)C)c(NC(=O)c2c[nH]c3ccccc3c2=O)cc1O.CC(O)CO. The van der Waals surface area contributed by atoms with Crippen LogP contribution in [0.5, 0.6) is 5.75 Å². The molecule has 3 aromatic rings. The van der Waals surface area contributed by atoms with E-state index in [0.717, 1.165) is 11.1 Å². The number of anilines is 1. The van der Waals surface area contributed by atoms with Crippen LogP contribution in [-0.2, 0) is 10.8 Å². The van der Waals surface area contributed by atoms with Crippen LogP contribution in [0.4, 0.5) is 5.69 Å². The van der Waals surface area contributed by atoms with Crippen molar-refractivity contribution >= 4 is 22.5 Å². The number of amides is 1. The molecule has 0 saturated heterocycles. The molecule has 3 rings (SSSR count). The van der Waals surface area contributed by atoms with Gasteiger partial charge in [0.25, 0.3) is 5.91 Å². The fourth-order valence-electron chi connectivity index (χ4n) is 3.44. The summed E-state index contributed by atoms with van der Waals surface area (Å²) in [6, 6.07) is 10.6. The minimum Gasteiger partial charge on any atom is -0.508 e. The number of aromatic nitrogens is 1. The molecule has 1 heterocycles. The Balaban J connectivity index is 0.000000739. The molecule has 0 radical (unpaired) electrons. The lowest BCUT2D eigenvalue weighted by atomic mass is 9.79. The molecule has 1 amide bonds. The van der Waals surface area contributed by atoms with E-state index in [-0.39, 0.29) is 34.2 Å². The molecule has 1 unspecified atom stereocenters. The summed E-state index contributed by atoms with van der Waals surface area (Å²) in [5.74, 6) is -0.390. The van der Waals surface area contributed by atoms with Crippen molar-refractivity contribution in [3.63, 3.8) is 0 Å². The molecule has 0 aliphatic carbocycles. The maximum atomic E-state index is 12.9. The van der Waals surface area contributed by atoms with E-state index in [4.69, 9.17) is 10.2 Å². The zero-order valence-electron chi connectivity index (χ0n) is 21.0. The molecule has 0 aliphatic rings. The van der Waals surface area contributed by atoms with Crippen LogP contribution in [0.1, 0.15) is 70.0 Å². The first-order valence-electron chi connectivity index (χ1n) is 11.3. The minimum absolute atomic E-state index is 0.0305. The Morgan fingerprint density at radius 2 is 1.59 bits per heavy atom. The third-order valence-corrected chi connectivity index (χ3v) is 5.30. The zero-order valence-corrected chi connectivity index (χ0v) is 21.0. The largest absolute Gasteiger partial charge is 0.508 e. The normalized spacial score (nSPS) is 12.6. The summed E-state index contributed by atoms with van der Waals surface area (Å²) in [7, 11) is 0. The number of hydrogen-bond acceptors (Lipinski definition) is 5. The van der Waals surface area contributed by atoms with E-state index in [9.17, 15) is 14.7 Å². The molecule has 7 nitrogen and oxygen atoms in total. The number of benzene rings is 2. The molecule has 7 heteroatoms. The van der Waals surface area contributed by atoms with Gasteiger partial charge in [-0.3, -0.25) is 9.59 Å². The average Bonchev–Trinajstić information content (AvgIpc) is 2.72. The lowest BCUT2D eigenvalue weighted by molar-refractivity contribution is 0.102. The van der Waals surface area contributed by atoms with Crippen LogP contribution >= 0.6 is 0 Å². The summed E-state index contributed by atoms with van der Waals surface area (Å²) in [5, 5.41) is 29.9. The number of aromatic hydroxyl groups is 1. The first kappa shape index (κ1) is 27.1. The highest BCUT2D eigenvalue weighted by Gasteiger charge is 2.26. The van der Waals surface area contributed by atoms with Crippen molar-refractivity contribution in [3.8, 4) is 5.75 Å². The molecule has 1 atom stereocenters. The highest BCUT2D eigenvalue weighted by molar-refractivity contribution is 6.06. The summed E-state index contributed by atoms with van der Waals surface area (Å²) in [6.45, 7) is 13.6. The van der Waals surface area contributed by atoms with Crippen LogP contribution in [0.15, 0.2) is 47.4 Å². The van der Waals surface area contributed by atoms with Crippen LogP contribution in [-0.4, -0.2) is 38.9 Å². The number of aliphatic hydroxyl groups is 2. The van der Waals surface area contributed by atoms with Gasteiger partial charge in [-0.1, -0.05) is 53.7 Å². The number of phenols is 1. The Bertz CT molecular complexity index is 1210. The van der Waals surface area contributed by atoms with Gasteiger partial charge in [0.15, 0.2) is 0 Å². The fraction of sp³-hybridized carbons (Fsp3) is 0.407. The number of phenolic OH excluding ortho intramolecular Hbond substituents is 1. The number of carbonyl (C=O) groups excluding carboxylic acids is 1. The summed E-state index contributed by atoms with van der Waals surface area (Å²) in [4.78, 5) is 28.7. The van der Waals surface area contributed by atoms with Crippen molar-refractivity contribution in [1.29, 1.82) is 0 Å². The van der Waals surface area contributed by atoms with Gasteiger partial charge in [0.2, 0.25) is 5.43 Å². The maximum Gasteiger partial charge on any atom is 0.261 e. The number of para-hydroxylation sites is 1. The third-order valence-electron chi connectivity index (χ3n) is 5.30. The highest BCUT2D eigenvalue weighted by atomic mass is 16.3. The second-order valence-electron chi connectivity index (χ2n) is 10.5. The van der Waals surface area contributed by atoms with Gasteiger partial charge in [-0.25, -0.2) is 0 Å². The van der Waals surface area contributed by atoms with Crippen LogP contribution < -0.4 is 10.7 Å². The molecule has 5 N–H and O–H groups in total. The number of hydrogen-bond donors (Lipinski definition) is 5. The van der Waals surface area contributed by atoms with Gasteiger partial charge in [0.05, 0.1) is 12.7 Å². The molecule has 0 aliphatic heterocycles. The summed E-state index contributed by atoms with van der Waals surface area (Å²) >= 11 is 0. The molecule has 2 aromatic carbocycles. The number of aromatic amines is 1. The molecule has 0 bridgehead atoms. The van der Waals surface area contributed by atoms with Gasteiger partial charge in [-0.2, -0.15) is 0 Å². The number of fused-ring (bicyclic) bond motifs is 1.